The largest absolute Gasteiger partial charge is 0.494 e. The van der Waals surface area contributed by atoms with Gasteiger partial charge in [0, 0.05) is 17.4 Å². The highest BCUT2D eigenvalue weighted by atomic mass is 16.5. The maximum Gasteiger partial charge on any atom is 0.258 e. The van der Waals surface area contributed by atoms with E-state index in [1.807, 2.05) is 37.3 Å². The molecule has 2 aromatic rings. The fourth-order valence-corrected chi connectivity index (χ4v) is 1.86. The molecule has 0 radical (unpaired) electrons. The first-order chi connectivity index (χ1) is 10.3. The topological polar surface area (TPSA) is 72.0 Å². The highest BCUT2D eigenvalue weighted by Gasteiger charge is 2.11. The number of benzene rings is 1. The van der Waals surface area contributed by atoms with E-state index in [1.165, 1.54) is 6.21 Å². The van der Waals surface area contributed by atoms with E-state index >= 15 is 0 Å². The maximum absolute atomic E-state index is 7.44. The Kier molecular flexibility index (Phi) is 5.26. The average molecular weight is 285 g/mol. The summed E-state index contributed by atoms with van der Waals surface area (Å²) in [5.41, 5.74) is 1.48. The first-order valence-corrected chi connectivity index (χ1v) is 7.06. The van der Waals surface area contributed by atoms with Crippen LogP contribution in [-0.2, 0) is 0 Å². The molecule has 1 N–H and O–H groups in total. The molecule has 110 valence electrons. The number of unbranched alkanes of at least 4 members (excludes halogenated alkanes) is 1. The van der Waals surface area contributed by atoms with Crippen LogP contribution in [0.1, 0.15) is 32.5 Å². The molecule has 5 heteroatoms. The van der Waals surface area contributed by atoms with Crippen molar-refractivity contribution in [2.24, 2.45) is 0 Å². The van der Waals surface area contributed by atoms with E-state index in [2.05, 4.69) is 17.1 Å². The third-order valence-corrected chi connectivity index (χ3v) is 2.88. The van der Waals surface area contributed by atoms with Gasteiger partial charge < -0.3 is 14.7 Å². The molecule has 1 aromatic heterocycles. The van der Waals surface area contributed by atoms with E-state index in [4.69, 9.17) is 14.7 Å². The number of hydrogen-bond acceptors (Lipinski definition) is 5. The van der Waals surface area contributed by atoms with Crippen LogP contribution in [0.2, 0.25) is 0 Å². The molecule has 0 atom stereocenters. The molecular formula is C16H19N3O2. The molecule has 0 aliphatic carbocycles. The van der Waals surface area contributed by atoms with Gasteiger partial charge in [0.25, 0.3) is 5.89 Å². The summed E-state index contributed by atoms with van der Waals surface area (Å²) in [6.07, 6.45) is 5.09. The number of nitrogens with zero attached hydrogens (tertiary/aromatic N) is 2. The number of rotatable bonds is 7. The molecule has 1 aromatic carbocycles. The van der Waals surface area contributed by atoms with Crippen molar-refractivity contribution >= 4 is 11.8 Å². The summed E-state index contributed by atoms with van der Waals surface area (Å²) in [6, 6.07) is 7.52. The van der Waals surface area contributed by atoms with Crippen LogP contribution < -0.4 is 4.74 Å². The standard InChI is InChI=1S/C16H19N3O2/c1-3-5-7-13(11-17)15-18-16(21-19-15)12-8-6-9-14(10-12)20-4-2/h6-11,17H,3-5H2,1-2H3/b13-7+,17-11?. The van der Waals surface area contributed by atoms with Crippen LogP contribution in [0.5, 0.6) is 5.75 Å². The van der Waals surface area contributed by atoms with E-state index in [0.717, 1.165) is 24.2 Å². The minimum absolute atomic E-state index is 0.427. The smallest absolute Gasteiger partial charge is 0.258 e. The molecule has 1 heterocycles. The molecule has 0 saturated heterocycles. The number of nitrogens with one attached hydrogen (secondary N) is 1. The predicted octanol–water partition coefficient (Wildman–Crippen LogP) is 3.97. The van der Waals surface area contributed by atoms with Crippen molar-refractivity contribution in [3.05, 3.63) is 36.2 Å². The Morgan fingerprint density at radius 2 is 2.24 bits per heavy atom. The number of allylic oxidation sites excluding steroid dienone is 2. The zero-order valence-electron chi connectivity index (χ0n) is 12.3. The zero-order valence-corrected chi connectivity index (χ0v) is 12.3. The van der Waals surface area contributed by atoms with Gasteiger partial charge in [-0.05, 0) is 31.5 Å². The fraction of sp³-hybridized carbons (Fsp3) is 0.312. The average Bonchev–Trinajstić information content (AvgIpc) is 2.99. The van der Waals surface area contributed by atoms with Gasteiger partial charge in [-0.15, -0.1) is 0 Å². The van der Waals surface area contributed by atoms with Gasteiger partial charge in [-0.3, -0.25) is 0 Å². The molecule has 21 heavy (non-hydrogen) atoms. The summed E-state index contributed by atoms with van der Waals surface area (Å²) in [4.78, 5) is 4.35. The van der Waals surface area contributed by atoms with E-state index in [1.54, 1.807) is 0 Å². The second kappa shape index (κ2) is 7.38. The van der Waals surface area contributed by atoms with Crippen LogP contribution in [0.15, 0.2) is 34.9 Å². The monoisotopic (exact) mass is 285 g/mol. The quantitative estimate of drug-likeness (QED) is 0.781. The first-order valence-electron chi connectivity index (χ1n) is 7.06. The van der Waals surface area contributed by atoms with Crippen LogP contribution in [0.25, 0.3) is 17.0 Å². The van der Waals surface area contributed by atoms with Gasteiger partial charge in [0.2, 0.25) is 5.82 Å². The van der Waals surface area contributed by atoms with Crippen LogP contribution in [-0.4, -0.2) is 23.0 Å². The summed E-state index contributed by atoms with van der Waals surface area (Å²) in [7, 11) is 0. The molecule has 0 unspecified atom stereocenters. The minimum atomic E-state index is 0.427. The Bertz CT molecular complexity index is 632. The normalized spacial score (nSPS) is 11.4. The van der Waals surface area contributed by atoms with Crippen molar-refractivity contribution in [1.29, 1.82) is 5.41 Å². The van der Waals surface area contributed by atoms with Gasteiger partial charge in [0.1, 0.15) is 5.75 Å². The lowest BCUT2D eigenvalue weighted by molar-refractivity contribution is 0.340. The lowest BCUT2D eigenvalue weighted by Gasteiger charge is -2.02. The van der Waals surface area contributed by atoms with Gasteiger partial charge in [0.15, 0.2) is 0 Å². The minimum Gasteiger partial charge on any atom is -0.494 e. The van der Waals surface area contributed by atoms with Gasteiger partial charge in [-0.1, -0.05) is 30.6 Å². The van der Waals surface area contributed by atoms with E-state index in [9.17, 15) is 0 Å². The maximum atomic E-state index is 7.44. The Morgan fingerprint density at radius 3 is 2.95 bits per heavy atom. The highest BCUT2D eigenvalue weighted by molar-refractivity contribution is 6.06. The van der Waals surface area contributed by atoms with Crippen molar-refractivity contribution < 1.29 is 9.26 Å². The van der Waals surface area contributed by atoms with E-state index in [-0.39, 0.29) is 0 Å². The van der Waals surface area contributed by atoms with Gasteiger partial charge in [-0.25, -0.2) is 0 Å². The SMILES string of the molecule is CCC/C=C(\C=N)c1noc(-c2cccc(OCC)c2)n1. The first kappa shape index (κ1) is 15.0. The van der Waals surface area contributed by atoms with Gasteiger partial charge >= 0.3 is 0 Å². The molecule has 0 saturated carbocycles. The lowest BCUT2D eigenvalue weighted by Crippen LogP contribution is -1.91. The molecule has 0 aliphatic rings. The van der Waals surface area contributed by atoms with Crippen molar-refractivity contribution in [3.63, 3.8) is 0 Å². The highest BCUT2D eigenvalue weighted by Crippen LogP contribution is 2.23. The summed E-state index contributed by atoms with van der Waals surface area (Å²) >= 11 is 0. The van der Waals surface area contributed by atoms with Crippen molar-refractivity contribution in [2.45, 2.75) is 26.7 Å². The van der Waals surface area contributed by atoms with Crippen molar-refractivity contribution in [3.8, 4) is 17.2 Å². The summed E-state index contributed by atoms with van der Waals surface area (Å²) in [5, 5.41) is 11.4. The molecule has 0 bridgehead atoms. The Balaban J connectivity index is 2.26. The van der Waals surface area contributed by atoms with Crippen LogP contribution in [0.3, 0.4) is 0 Å². The van der Waals surface area contributed by atoms with Crippen molar-refractivity contribution in [2.75, 3.05) is 6.61 Å². The number of ether oxygens (including phenoxy) is 1. The van der Waals surface area contributed by atoms with E-state index < -0.39 is 0 Å². The zero-order chi connectivity index (χ0) is 15.1. The Labute approximate surface area is 124 Å². The molecule has 0 aliphatic heterocycles. The summed E-state index contributed by atoms with van der Waals surface area (Å²) < 4.78 is 10.7. The molecule has 0 fully saturated rings. The van der Waals surface area contributed by atoms with Crippen LogP contribution in [0, 0.1) is 5.41 Å². The lowest BCUT2D eigenvalue weighted by atomic mass is 10.2. The second-order valence-corrected chi connectivity index (χ2v) is 4.48. The van der Waals surface area contributed by atoms with Gasteiger partial charge in [-0.2, -0.15) is 4.98 Å². The Hall–Kier alpha value is -2.43. The molecule has 0 amide bonds. The van der Waals surface area contributed by atoms with Gasteiger partial charge in [0.05, 0.1) is 6.61 Å². The number of aromatic nitrogens is 2. The molecule has 2 rings (SSSR count). The molecule has 0 spiro atoms. The fourth-order valence-electron chi connectivity index (χ4n) is 1.86. The Morgan fingerprint density at radius 1 is 1.38 bits per heavy atom. The van der Waals surface area contributed by atoms with Crippen LogP contribution >= 0.6 is 0 Å². The number of hydrogen-bond donors (Lipinski definition) is 1. The van der Waals surface area contributed by atoms with E-state index in [0.29, 0.717) is 23.9 Å². The van der Waals surface area contributed by atoms with Crippen LogP contribution in [0.4, 0.5) is 0 Å². The predicted molar refractivity (Wildman–Crippen MR) is 82.6 cm³/mol. The third kappa shape index (κ3) is 3.78. The summed E-state index contributed by atoms with van der Waals surface area (Å²) in [5.74, 6) is 1.63. The van der Waals surface area contributed by atoms with Crippen molar-refractivity contribution in [1.82, 2.24) is 10.1 Å². The summed E-state index contributed by atoms with van der Waals surface area (Å²) in [6.45, 7) is 4.63. The second-order valence-electron chi connectivity index (χ2n) is 4.48. The third-order valence-electron chi connectivity index (χ3n) is 2.88. The molecule has 5 nitrogen and oxygen atoms in total. The molecular weight excluding hydrogens is 266 g/mol.